The van der Waals surface area contributed by atoms with Crippen LogP contribution < -0.4 is 4.72 Å². The third kappa shape index (κ3) is 3.09. The molecule has 126 valence electrons. The van der Waals surface area contributed by atoms with Crippen molar-refractivity contribution in [2.45, 2.75) is 32.2 Å². The van der Waals surface area contributed by atoms with Gasteiger partial charge in [-0.2, -0.15) is 0 Å². The molecule has 0 spiro atoms. The molecule has 24 heavy (non-hydrogen) atoms. The van der Waals surface area contributed by atoms with E-state index in [4.69, 9.17) is 0 Å². The molecular formula is C19H22N2O2S. The van der Waals surface area contributed by atoms with Crippen LogP contribution in [0.3, 0.4) is 0 Å². The number of nitrogens with one attached hydrogen (secondary N) is 1. The Morgan fingerprint density at radius 1 is 1.00 bits per heavy atom. The Kier molecular flexibility index (Phi) is 4.24. The van der Waals surface area contributed by atoms with E-state index in [0.29, 0.717) is 4.90 Å². The number of fused-ring (bicyclic) bond motifs is 1. The third-order valence-corrected chi connectivity index (χ3v) is 5.99. The monoisotopic (exact) mass is 342 g/mol. The summed E-state index contributed by atoms with van der Waals surface area (Å²) in [6.07, 6.45) is 0. The molecule has 0 radical (unpaired) electrons. The Hall–Kier alpha value is -2.11. The highest BCUT2D eigenvalue weighted by Gasteiger charge is 2.16. The van der Waals surface area contributed by atoms with Crippen LogP contribution in [0.1, 0.15) is 22.4 Å². The van der Waals surface area contributed by atoms with Gasteiger partial charge in [0, 0.05) is 30.2 Å². The van der Waals surface area contributed by atoms with E-state index in [2.05, 4.69) is 22.3 Å². The molecule has 0 bridgehead atoms. The number of hydrogen-bond acceptors (Lipinski definition) is 2. The molecule has 1 aromatic heterocycles. The van der Waals surface area contributed by atoms with Crippen LogP contribution in [0.5, 0.6) is 0 Å². The molecule has 3 aromatic rings. The van der Waals surface area contributed by atoms with Gasteiger partial charge in [0.25, 0.3) is 0 Å². The summed E-state index contributed by atoms with van der Waals surface area (Å²) >= 11 is 0. The number of rotatable bonds is 4. The quantitative estimate of drug-likeness (QED) is 0.788. The summed E-state index contributed by atoms with van der Waals surface area (Å²) in [6, 6.07) is 13.6. The van der Waals surface area contributed by atoms with Crippen molar-refractivity contribution in [1.82, 2.24) is 9.29 Å². The van der Waals surface area contributed by atoms with Crippen molar-refractivity contribution in [2.24, 2.45) is 7.05 Å². The number of benzene rings is 2. The van der Waals surface area contributed by atoms with Crippen LogP contribution in [-0.4, -0.2) is 13.0 Å². The Balaban J connectivity index is 1.85. The van der Waals surface area contributed by atoms with E-state index >= 15 is 0 Å². The van der Waals surface area contributed by atoms with Gasteiger partial charge in [-0.05, 0) is 61.7 Å². The number of nitrogens with zero attached hydrogens (tertiary/aromatic N) is 1. The number of aromatic nitrogens is 1. The highest BCUT2D eigenvalue weighted by molar-refractivity contribution is 7.89. The standard InChI is InChI=1S/C19H22N2O2S/c1-13-5-6-14(2)19(9-13)24(22,23)20-12-16-7-8-18-17(11-16)10-15(3)21(18)4/h5-11,20H,12H2,1-4H3. The molecule has 0 saturated carbocycles. The maximum Gasteiger partial charge on any atom is 0.241 e. The minimum absolute atomic E-state index is 0.277. The Labute approximate surface area is 143 Å². The van der Waals surface area contributed by atoms with Gasteiger partial charge in [-0.3, -0.25) is 0 Å². The van der Waals surface area contributed by atoms with Gasteiger partial charge in [0.15, 0.2) is 0 Å². The van der Waals surface area contributed by atoms with Crippen molar-refractivity contribution in [1.29, 1.82) is 0 Å². The van der Waals surface area contributed by atoms with Crippen molar-refractivity contribution in [3.8, 4) is 0 Å². The fraction of sp³-hybridized carbons (Fsp3) is 0.263. The maximum absolute atomic E-state index is 12.6. The van der Waals surface area contributed by atoms with Crippen LogP contribution >= 0.6 is 0 Å². The molecule has 1 heterocycles. The maximum atomic E-state index is 12.6. The summed E-state index contributed by atoms with van der Waals surface area (Å²) in [5.41, 5.74) is 4.96. The van der Waals surface area contributed by atoms with Crippen LogP contribution in [0.2, 0.25) is 0 Å². The Morgan fingerprint density at radius 3 is 2.50 bits per heavy atom. The summed E-state index contributed by atoms with van der Waals surface area (Å²) in [7, 11) is -1.49. The second-order valence-corrected chi connectivity index (χ2v) is 8.07. The Bertz CT molecular complexity index is 1020. The zero-order chi connectivity index (χ0) is 17.5. The first-order valence-corrected chi connectivity index (χ1v) is 9.38. The van der Waals surface area contributed by atoms with E-state index in [1.807, 2.05) is 51.2 Å². The highest BCUT2D eigenvalue weighted by atomic mass is 32.2. The van der Waals surface area contributed by atoms with Gasteiger partial charge in [-0.15, -0.1) is 0 Å². The van der Waals surface area contributed by atoms with Crippen LogP contribution in [0.4, 0.5) is 0 Å². The Morgan fingerprint density at radius 2 is 1.75 bits per heavy atom. The zero-order valence-corrected chi connectivity index (χ0v) is 15.2. The van der Waals surface area contributed by atoms with Crippen LogP contribution in [-0.2, 0) is 23.6 Å². The molecule has 2 aromatic carbocycles. The van der Waals surface area contributed by atoms with Crippen molar-refractivity contribution < 1.29 is 8.42 Å². The lowest BCUT2D eigenvalue weighted by molar-refractivity contribution is 0.580. The average Bonchev–Trinajstić information content (AvgIpc) is 2.82. The lowest BCUT2D eigenvalue weighted by Gasteiger charge is -2.10. The van der Waals surface area contributed by atoms with E-state index in [0.717, 1.165) is 27.6 Å². The van der Waals surface area contributed by atoms with E-state index < -0.39 is 10.0 Å². The second kappa shape index (κ2) is 6.07. The summed E-state index contributed by atoms with van der Waals surface area (Å²) < 4.78 is 30.0. The molecule has 5 heteroatoms. The molecule has 0 fully saturated rings. The van der Waals surface area contributed by atoms with E-state index in [1.165, 1.54) is 5.69 Å². The number of sulfonamides is 1. The molecule has 0 amide bonds. The van der Waals surface area contributed by atoms with Crippen molar-refractivity contribution >= 4 is 20.9 Å². The topological polar surface area (TPSA) is 51.1 Å². The highest BCUT2D eigenvalue weighted by Crippen LogP contribution is 2.21. The van der Waals surface area contributed by atoms with Crippen LogP contribution in [0, 0.1) is 20.8 Å². The summed E-state index contributed by atoms with van der Waals surface area (Å²) in [5.74, 6) is 0. The van der Waals surface area contributed by atoms with E-state index in [9.17, 15) is 8.42 Å². The molecule has 0 unspecified atom stereocenters. The first-order chi connectivity index (χ1) is 11.3. The molecular weight excluding hydrogens is 320 g/mol. The lowest BCUT2D eigenvalue weighted by Crippen LogP contribution is -2.24. The smallest absolute Gasteiger partial charge is 0.241 e. The lowest BCUT2D eigenvalue weighted by atomic mass is 10.1. The molecule has 3 rings (SSSR count). The van der Waals surface area contributed by atoms with E-state index in [-0.39, 0.29) is 6.54 Å². The molecule has 1 N–H and O–H groups in total. The predicted octanol–water partition coefficient (Wildman–Crippen LogP) is 3.58. The first-order valence-electron chi connectivity index (χ1n) is 7.90. The van der Waals surface area contributed by atoms with Crippen molar-refractivity contribution in [3.63, 3.8) is 0 Å². The molecule has 4 nitrogen and oxygen atoms in total. The van der Waals surface area contributed by atoms with E-state index in [1.54, 1.807) is 6.07 Å². The van der Waals surface area contributed by atoms with Crippen LogP contribution in [0.15, 0.2) is 47.4 Å². The fourth-order valence-corrected chi connectivity index (χ4v) is 4.24. The van der Waals surface area contributed by atoms with Gasteiger partial charge in [-0.1, -0.05) is 18.2 Å². The van der Waals surface area contributed by atoms with Gasteiger partial charge in [0.1, 0.15) is 0 Å². The molecule has 0 saturated heterocycles. The van der Waals surface area contributed by atoms with Gasteiger partial charge in [0.2, 0.25) is 10.0 Å². The van der Waals surface area contributed by atoms with Crippen molar-refractivity contribution in [2.75, 3.05) is 0 Å². The van der Waals surface area contributed by atoms with Gasteiger partial charge in [-0.25, -0.2) is 13.1 Å². The largest absolute Gasteiger partial charge is 0.348 e. The SMILES string of the molecule is Cc1ccc(C)c(S(=O)(=O)NCc2ccc3c(c2)cc(C)n3C)c1. The number of hydrogen-bond donors (Lipinski definition) is 1. The summed E-state index contributed by atoms with van der Waals surface area (Å²) in [5, 5.41) is 1.12. The molecule has 0 aliphatic heterocycles. The minimum Gasteiger partial charge on any atom is -0.348 e. The average molecular weight is 342 g/mol. The molecule has 0 aliphatic carbocycles. The molecule has 0 atom stereocenters. The fourth-order valence-electron chi connectivity index (χ4n) is 2.90. The van der Waals surface area contributed by atoms with Gasteiger partial charge in [0.05, 0.1) is 4.90 Å². The summed E-state index contributed by atoms with van der Waals surface area (Å²) in [4.78, 5) is 0.346. The van der Waals surface area contributed by atoms with Crippen molar-refractivity contribution in [3.05, 3.63) is 64.8 Å². The normalized spacial score (nSPS) is 12.0. The third-order valence-electron chi connectivity index (χ3n) is 4.45. The first kappa shape index (κ1) is 16.7. The van der Waals surface area contributed by atoms with Gasteiger partial charge < -0.3 is 4.57 Å². The van der Waals surface area contributed by atoms with Gasteiger partial charge >= 0.3 is 0 Å². The zero-order valence-electron chi connectivity index (χ0n) is 14.4. The van der Waals surface area contributed by atoms with Crippen LogP contribution in [0.25, 0.3) is 10.9 Å². The minimum atomic E-state index is -3.52. The summed E-state index contributed by atoms with van der Waals surface area (Å²) in [6.45, 7) is 6.04. The predicted molar refractivity (Wildman–Crippen MR) is 97.6 cm³/mol. The number of aryl methyl sites for hydroxylation is 4. The molecule has 0 aliphatic rings. The second-order valence-electron chi connectivity index (χ2n) is 6.33.